The summed E-state index contributed by atoms with van der Waals surface area (Å²) in [6, 6.07) is 2.01. The van der Waals surface area contributed by atoms with Crippen molar-refractivity contribution in [2.45, 2.75) is 38.8 Å². The number of rotatable bonds is 5. The lowest BCUT2D eigenvalue weighted by atomic mass is 9.96. The Morgan fingerprint density at radius 1 is 1.43 bits per heavy atom. The molecule has 1 amide bonds. The molecule has 3 heterocycles. The van der Waals surface area contributed by atoms with Gasteiger partial charge in [-0.15, -0.1) is 0 Å². The number of carbonyl (C=O) groups excluding carboxylic acids is 1. The quantitative estimate of drug-likeness (QED) is 0.851. The predicted octanol–water partition coefficient (Wildman–Crippen LogP) is 0.765. The van der Waals surface area contributed by atoms with Crippen LogP contribution in [0.25, 0.3) is 0 Å². The largest absolute Gasteiger partial charge is 0.349 e. The Labute approximate surface area is 135 Å². The van der Waals surface area contributed by atoms with Gasteiger partial charge in [-0.2, -0.15) is 5.10 Å². The average molecular weight is 314 g/mol. The van der Waals surface area contributed by atoms with Gasteiger partial charge in [0.25, 0.3) is 0 Å². The van der Waals surface area contributed by atoms with Crippen molar-refractivity contribution in [3.05, 3.63) is 41.7 Å². The summed E-state index contributed by atoms with van der Waals surface area (Å²) in [4.78, 5) is 20.6. The van der Waals surface area contributed by atoms with Crippen LogP contribution in [0.5, 0.6) is 0 Å². The third-order valence-corrected chi connectivity index (χ3v) is 4.06. The summed E-state index contributed by atoms with van der Waals surface area (Å²) < 4.78 is 1.80. The molecular formula is C16H22N6O. The zero-order chi connectivity index (χ0) is 16.1. The summed E-state index contributed by atoms with van der Waals surface area (Å²) in [5.41, 5.74) is 2.74. The summed E-state index contributed by atoms with van der Waals surface area (Å²) in [5, 5.41) is 10.6. The molecule has 3 rings (SSSR count). The Kier molecular flexibility index (Phi) is 4.97. The van der Waals surface area contributed by atoms with Gasteiger partial charge >= 0.3 is 0 Å². The van der Waals surface area contributed by atoms with Crippen molar-refractivity contribution in [3.63, 3.8) is 0 Å². The van der Waals surface area contributed by atoms with Gasteiger partial charge in [-0.1, -0.05) is 0 Å². The molecule has 7 nitrogen and oxygen atoms in total. The number of nitrogens with zero attached hydrogens (tertiary/aromatic N) is 4. The Balaban J connectivity index is 1.55. The Bertz CT molecular complexity index is 645. The molecule has 1 fully saturated rings. The highest BCUT2D eigenvalue weighted by atomic mass is 16.2. The lowest BCUT2D eigenvalue weighted by Crippen LogP contribution is -2.32. The van der Waals surface area contributed by atoms with Crippen LogP contribution < -0.4 is 10.6 Å². The van der Waals surface area contributed by atoms with Crippen molar-refractivity contribution < 1.29 is 4.79 Å². The standard InChI is InChI=1S/C16H22N6O/c1-12-7-19-14(9-18-12)10-20-16(23)11-22-15(4-6-21-22)13-3-2-5-17-8-13/h4,6-7,9,13,17H,2-3,5,8,10-11H2,1H3,(H,20,23)/t13-/m1/s1. The van der Waals surface area contributed by atoms with Crippen molar-refractivity contribution in [2.75, 3.05) is 13.1 Å². The first-order valence-corrected chi connectivity index (χ1v) is 7.99. The van der Waals surface area contributed by atoms with Gasteiger partial charge < -0.3 is 10.6 Å². The van der Waals surface area contributed by atoms with Crippen LogP contribution >= 0.6 is 0 Å². The van der Waals surface area contributed by atoms with E-state index in [1.54, 1.807) is 23.3 Å². The first-order valence-electron chi connectivity index (χ1n) is 7.99. The van der Waals surface area contributed by atoms with Crippen molar-refractivity contribution >= 4 is 5.91 Å². The second-order valence-electron chi connectivity index (χ2n) is 5.88. The first-order chi connectivity index (χ1) is 11.2. The smallest absolute Gasteiger partial charge is 0.242 e. The number of nitrogens with one attached hydrogen (secondary N) is 2. The fourth-order valence-electron chi connectivity index (χ4n) is 2.82. The molecule has 2 N–H and O–H groups in total. The number of aryl methyl sites for hydroxylation is 1. The number of piperidine rings is 1. The molecule has 0 radical (unpaired) electrons. The molecule has 2 aromatic heterocycles. The maximum Gasteiger partial charge on any atom is 0.242 e. The van der Waals surface area contributed by atoms with Crippen LogP contribution in [0.2, 0.25) is 0 Å². The van der Waals surface area contributed by atoms with E-state index in [-0.39, 0.29) is 12.5 Å². The minimum atomic E-state index is -0.0684. The van der Waals surface area contributed by atoms with Gasteiger partial charge in [0.1, 0.15) is 6.54 Å². The summed E-state index contributed by atoms with van der Waals surface area (Å²) in [5.74, 6) is 0.364. The zero-order valence-corrected chi connectivity index (χ0v) is 13.3. The van der Waals surface area contributed by atoms with Crippen LogP contribution in [-0.4, -0.2) is 38.7 Å². The molecule has 0 spiro atoms. The fourth-order valence-corrected chi connectivity index (χ4v) is 2.82. The SMILES string of the molecule is Cc1cnc(CNC(=O)Cn2nccc2[C@@H]2CCCNC2)cn1. The Morgan fingerprint density at radius 3 is 3.09 bits per heavy atom. The van der Waals surface area contributed by atoms with E-state index in [0.29, 0.717) is 12.5 Å². The van der Waals surface area contributed by atoms with Gasteiger partial charge in [-0.3, -0.25) is 19.4 Å². The second-order valence-corrected chi connectivity index (χ2v) is 5.88. The second kappa shape index (κ2) is 7.32. The third-order valence-electron chi connectivity index (χ3n) is 4.06. The summed E-state index contributed by atoms with van der Waals surface area (Å²) in [6.45, 7) is 4.52. The normalized spacial score (nSPS) is 17.9. The lowest BCUT2D eigenvalue weighted by molar-refractivity contribution is -0.122. The highest BCUT2D eigenvalue weighted by Gasteiger charge is 2.19. The van der Waals surface area contributed by atoms with E-state index in [4.69, 9.17) is 0 Å². The number of carbonyl (C=O) groups is 1. The van der Waals surface area contributed by atoms with Crippen LogP contribution in [0.15, 0.2) is 24.7 Å². The van der Waals surface area contributed by atoms with E-state index in [9.17, 15) is 4.79 Å². The molecule has 2 aromatic rings. The first kappa shape index (κ1) is 15.6. The van der Waals surface area contributed by atoms with Crippen molar-refractivity contribution in [1.29, 1.82) is 0 Å². The molecule has 1 aliphatic heterocycles. The van der Waals surface area contributed by atoms with Gasteiger partial charge in [0.05, 0.1) is 24.1 Å². The van der Waals surface area contributed by atoms with E-state index < -0.39 is 0 Å². The molecule has 0 unspecified atom stereocenters. The molecule has 1 aliphatic rings. The van der Waals surface area contributed by atoms with Gasteiger partial charge in [0.2, 0.25) is 5.91 Å². The van der Waals surface area contributed by atoms with Crippen molar-refractivity contribution in [2.24, 2.45) is 0 Å². The van der Waals surface area contributed by atoms with Gasteiger partial charge in [0, 0.05) is 30.6 Å². The number of amides is 1. The van der Waals surface area contributed by atoms with Crippen LogP contribution in [0.4, 0.5) is 0 Å². The molecule has 7 heteroatoms. The topological polar surface area (TPSA) is 84.7 Å². The molecular weight excluding hydrogens is 292 g/mol. The van der Waals surface area contributed by atoms with Gasteiger partial charge in [-0.25, -0.2) is 0 Å². The predicted molar refractivity (Wildman–Crippen MR) is 85.7 cm³/mol. The highest BCUT2D eigenvalue weighted by Crippen LogP contribution is 2.22. The maximum atomic E-state index is 12.1. The maximum absolute atomic E-state index is 12.1. The van der Waals surface area contributed by atoms with E-state index in [0.717, 1.165) is 43.0 Å². The molecule has 0 bridgehead atoms. The molecule has 0 saturated carbocycles. The van der Waals surface area contributed by atoms with Crippen LogP contribution in [0, 0.1) is 6.92 Å². The molecule has 23 heavy (non-hydrogen) atoms. The summed E-state index contributed by atoms with van der Waals surface area (Å²) in [6.07, 6.45) is 7.45. The fraction of sp³-hybridized carbons (Fsp3) is 0.500. The molecule has 0 aromatic carbocycles. The number of aromatic nitrogens is 4. The van der Waals surface area contributed by atoms with Crippen LogP contribution in [-0.2, 0) is 17.9 Å². The summed E-state index contributed by atoms with van der Waals surface area (Å²) in [7, 11) is 0. The van der Waals surface area contributed by atoms with E-state index in [2.05, 4.69) is 25.7 Å². The van der Waals surface area contributed by atoms with E-state index in [1.165, 1.54) is 0 Å². The molecule has 1 atom stereocenters. The average Bonchev–Trinajstić information content (AvgIpc) is 3.03. The van der Waals surface area contributed by atoms with Gasteiger partial charge in [-0.05, 0) is 32.4 Å². The molecule has 122 valence electrons. The Morgan fingerprint density at radius 2 is 2.35 bits per heavy atom. The van der Waals surface area contributed by atoms with E-state index in [1.807, 2.05) is 13.0 Å². The molecule has 1 saturated heterocycles. The van der Waals surface area contributed by atoms with Crippen LogP contribution in [0.3, 0.4) is 0 Å². The number of hydrogen-bond donors (Lipinski definition) is 2. The van der Waals surface area contributed by atoms with Gasteiger partial charge in [0.15, 0.2) is 0 Å². The third kappa shape index (κ3) is 4.13. The molecule has 0 aliphatic carbocycles. The minimum Gasteiger partial charge on any atom is -0.349 e. The van der Waals surface area contributed by atoms with Crippen LogP contribution in [0.1, 0.15) is 35.8 Å². The zero-order valence-electron chi connectivity index (χ0n) is 13.3. The minimum absolute atomic E-state index is 0.0684. The number of hydrogen-bond acceptors (Lipinski definition) is 5. The Hall–Kier alpha value is -2.28. The monoisotopic (exact) mass is 314 g/mol. The highest BCUT2D eigenvalue weighted by molar-refractivity contribution is 5.75. The lowest BCUT2D eigenvalue weighted by Gasteiger charge is -2.23. The van der Waals surface area contributed by atoms with E-state index >= 15 is 0 Å². The summed E-state index contributed by atoms with van der Waals surface area (Å²) >= 11 is 0. The van der Waals surface area contributed by atoms with Crippen molar-refractivity contribution in [3.8, 4) is 0 Å². The van der Waals surface area contributed by atoms with Crippen molar-refractivity contribution in [1.82, 2.24) is 30.4 Å².